The third-order valence-electron chi connectivity index (χ3n) is 11.8. The standard InChI is InChI=1S/C55H34N4/c1-3-17-36(18-4-1)53-56-54(37-19-5-2-6-20-37)58-55(57-53)52-45-28-14-13-27-44(45)51(34-48(52)43-29-15-25-35-16-11-12-26-42(35)43)59-49-32-40-23-9-7-21-38(40)30-46(49)47-31-39-22-8-10-24-41(39)33-50(47)59/h1-34H. The topological polar surface area (TPSA) is 43.6 Å². The monoisotopic (exact) mass is 750 g/mol. The molecule has 0 amide bonds. The molecule has 0 unspecified atom stereocenters. The second kappa shape index (κ2) is 13.3. The van der Waals surface area contributed by atoms with Crippen LogP contribution in [0.25, 0.3) is 116 Å². The third-order valence-corrected chi connectivity index (χ3v) is 11.8. The van der Waals surface area contributed by atoms with Crippen LogP contribution >= 0.6 is 0 Å². The van der Waals surface area contributed by atoms with E-state index >= 15 is 0 Å². The van der Waals surface area contributed by atoms with Crippen molar-refractivity contribution in [1.82, 2.24) is 19.5 Å². The highest BCUT2D eigenvalue weighted by atomic mass is 15.0. The van der Waals surface area contributed by atoms with Crippen LogP contribution in [0.1, 0.15) is 0 Å². The van der Waals surface area contributed by atoms with E-state index in [2.05, 4.69) is 174 Å². The van der Waals surface area contributed by atoms with E-state index in [1.807, 2.05) is 36.4 Å². The Balaban J connectivity index is 1.25. The highest BCUT2D eigenvalue weighted by Crippen LogP contribution is 2.46. The predicted octanol–water partition coefficient (Wildman–Crippen LogP) is 14.2. The molecule has 274 valence electrons. The summed E-state index contributed by atoms with van der Waals surface area (Å²) in [5.41, 5.74) is 8.42. The van der Waals surface area contributed by atoms with Crippen LogP contribution in [0, 0.1) is 0 Å². The fourth-order valence-corrected chi connectivity index (χ4v) is 9.02. The van der Waals surface area contributed by atoms with Crippen LogP contribution in [0.5, 0.6) is 0 Å². The first-order chi connectivity index (χ1) is 29.2. The van der Waals surface area contributed by atoms with E-state index < -0.39 is 0 Å². The second-order valence-electron chi connectivity index (χ2n) is 15.2. The van der Waals surface area contributed by atoms with Gasteiger partial charge in [-0.2, -0.15) is 0 Å². The SMILES string of the molecule is c1ccc(-c2nc(-c3ccccc3)nc(-c3c(-c4cccc5ccccc45)cc(-n4c5cc6ccccc6cc5c5cc6ccccc6cc54)c4ccccc34)n2)cc1. The fourth-order valence-electron chi connectivity index (χ4n) is 9.02. The van der Waals surface area contributed by atoms with Crippen molar-refractivity contribution >= 4 is 64.9 Å². The lowest BCUT2D eigenvalue weighted by Gasteiger charge is -2.20. The lowest BCUT2D eigenvalue weighted by Crippen LogP contribution is -2.03. The smallest absolute Gasteiger partial charge is 0.165 e. The normalized spacial score (nSPS) is 11.7. The van der Waals surface area contributed by atoms with E-state index in [9.17, 15) is 0 Å². The minimum atomic E-state index is 0.627. The quantitative estimate of drug-likeness (QED) is 0.176. The molecule has 59 heavy (non-hydrogen) atoms. The maximum Gasteiger partial charge on any atom is 0.165 e. The maximum atomic E-state index is 5.35. The Morgan fingerprint density at radius 1 is 0.288 bits per heavy atom. The van der Waals surface area contributed by atoms with Gasteiger partial charge >= 0.3 is 0 Å². The number of benzene rings is 10. The van der Waals surface area contributed by atoms with Crippen LogP contribution < -0.4 is 0 Å². The minimum absolute atomic E-state index is 0.627. The van der Waals surface area contributed by atoms with Crippen LogP contribution in [0.4, 0.5) is 0 Å². The first-order valence-corrected chi connectivity index (χ1v) is 20.0. The molecule has 0 radical (unpaired) electrons. The summed E-state index contributed by atoms with van der Waals surface area (Å²) in [6.45, 7) is 0. The molecule has 0 aliphatic heterocycles. The number of nitrogens with zero attached hydrogens (tertiary/aromatic N) is 4. The van der Waals surface area contributed by atoms with Crippen molar-refractivity contribution in [2.24, 2.45) is 0 Å². The van der Waals surface area contributed by atoms with Gasteiger partial charge in [-0.15, -0.1) is 0 Å². The van der Waals surface area contributed by atoms with Gasteiger partial charge in [0.2, 0.25) is 0 Å². The van der Waals surface area contributed by atoms with Crippen molar-refractivity contribution < 1.29 is 0 Å². The Morgan fingerprint density at radius 2 is 0.729 bits per heavy atom. The molecule has 10 aromatic carbocycles. The van der Waals surface area contributed by atoms with Gasteiger partial charge in [0, 0.05) is 32.8 Å². The zero-order valence-electron chi connectivity index (χ0n) is 31.9. The second-order valence-corrected chi connectivity index (χ2v) is 15.2. The summed E-state index contributed by atoms with van der Waals surface area (Å²) in [6, 6.07) is 73.6. The van der Waals surface area contributed by atoms with E-state index in [4.69, 9.17) is 15.0 Å². The van der Waals surface area contributed by atoms with Crippen molar-refractivity contribution in [2.45, 2.75) is 0 Å². The Kier molecular flexibility index (Phi) is 7.50. The lowest BCUT2D eigenvalue weighted by molar-refractivity contribution is 1.08. The molecule has 0 aliphatic rings. The first kappa shape index (κ1) is 33.2. The highest BCUT2D eigenvalue weighted by molar-refractivity contribution is 6.19. The molecule has 0 saturated heterocycles. The summed E-state index contributed by atoms with van der Waals surface area (Å²) in [6.07, 6.45) is 0. The predicted molar refractivity (Wildman–Crippen MR) is 246 cm³/mol. The van der Waals surface area contributed by atoms with Crippen molar-refractivity contribution in [3.63, 3.8) is 0 Å². The van der Waals surface area contributed by atoms with Crippen molar-refractivity contribution in [3.05, 3.63) is 206 Å². The van der Waals surface area contributed by atoms with Crippen molar-refractivity contribution in [3.8, 4) is 51.0 Å². The molecule has 0 aliphatic carbocycles. The molecule has 4 nitrogen and oxygen atoms in total. The molecule has 0 N–H and O–H groups in total. The summed E-state index contributed by atoms with van der Waals surface area (Å²) in [5.74, 6) is 1.89. The van der Waals surface area contributed by atoms with Crippen LogP contribution in [-0.4, -0.2) is 19.5 Å². The number of hydrogen-bond acceptors (Lipinski definition) is 3. The molecule has 0 atom stereocenters. The molecular weight excluding hydrogens is 717 g/mol. The van der Waals surface area contributed by atoms with Gasteiger partial charge in [0.05, 0.1) is 16.7 Å². The zero-order valence-corrected chi connectivity index (χ0v) is 31.9. The Morgan fingerprint density at radius 3 is 1.31 bits per heavy atom. The molecule has 12 rings (SSSR count). The molecule has 0 bridgehead atoms. The molecule has 0 fully saturated rings. The molecule has 4 heteroatoms. The minimum Gasteiger partial charge on any atom is -0.309 e. The van der Waals surface area contributed by atoms with Gasteiger partial charge in [-0.3, -0.25) is 0 Å². The van der Waals surface area contributed by atoms with E-state index in [1.165, 1.54) is 37.7 Å². The van der Waals surface area contributed by atoms with Crippen LogP contribution in [-0.2, 0) is 0 Å². The molecule has 12 aromatic rings. The van der Waals surface area contributed by atoms with Crippen LogP contribution in [0.15, 0.2) is 206 Å². The first-order valence-electron chi connectivity index (χ1n) is 20.0. The molecule has 2 aromatic heterocycles. The summed E-state index contributed by atoms with van der Waals surface area (Å²) in [7, 11) is 0. The largest absolute Gasteiger partial charge is 0.309 e. The molecule has 2 heterocycles. The van der Waals surface area contributed by atoms with Crippen molar-refractivity contribution in [1.29, 1.82) is 0 Å². The van der Waals surface area contributed by atoms with Gasteiger partial charge in [-0.05, 0) is 79.2 Å². The van der Waals surface area contributed by atoms with Gasteiger partial charge in [0.1, 0.15) is 0 Å². The Bertz CT molecular complexity index is 3450. The molecule has 0 spiro atoms. The van der Waals surface area contributed by atoms with E-state index in [0.717, 1.165) is 60.7 Å². The van der Waals surface area contributed by atoms with Gasteiger partial charge in [-0.25, -0.2) is 15.0 Å². The summed E-state index contributed by atoms with van der Waals surface area (Å²) in [5, 5.41) is 11.8. The fraction of sp³-hybridized carbons (Fsp3) is 0. The van der Waals surface area contributed by atoms with Crippen LogP contribution in [0.3, 0.4) is 0 Å². The van der Waals surface area contributed by atoms with E-state index in [0.29, 0.717) is 17.5 Å². The number of rotatable bonds is 5. The van der Waals surface area contributed by atoms with Crippen LogP contribution in [0.2, 0.25) is 0 Å². The Labute approximate surface area is 340 Å². The summed E-state index contributed by atoms with van der Waals surface area (Å²) < 4.78 is 2.49. The van der Waals surface area contributed by atoms with Gasteiger partial charge in [0.15, 0.2) is 17.5 Å². The molecular formula is C55H34N4. The number of hydrogen-bond donors (Lipinski definition) is 0. The lowest BCUT2D eigenvalue weighted by atomic mass is 9.89. The van der Waals surface area contributed by atoms with Gasteiger partial charge in [-0.1, -0.05) is 176 Å². The number of aromatic nitrogens is 4. The van der Waals surface area contributed by atoms with Gasteiger partial charge in [0.25, 0.3) is 0 Å². The maximum absolute atomic E-state index is 5.35. The number of fused-ring (bicyclic) bond motifs is 7. The van der Waals surface area contributed by atoms with Crippen molar-refractivity contribution in [2.75, 3.05) is 0 Å². The van der Waals surface area contributed by atoms with E-state index in [-0.39, 0.29) is 0 Å². The zero-order chi connectivity index (χ0) is 38.9. The summed E-state index contributed by atoms with van der Waals surface area (Å²) in [4.78, 5) is 15.8. The van der Waals surface area contributed by atoms with Gasteiger partial charge < -0.3 is 4.57 Å². The summed E-state index contributed by atoms with van der Waals surface area (Å²) >= 11 is 0. The van der Waals surface area contributed by atoms with E-state index in [1.54, 1.807) is 0 Å². The highest BCUT2D eigenvalue weighted by Gasteiger charge is 2.24. The average molecular weight is 751 g/mol. The molecule has 0 saturated carbocycles. The third kappa shape index (κ3) is 5.42. The average Bonchev–Trinajstić information content (AvgIpc) is 3.61. The Hall–Kier alpha value is -7.95.